The van der Waals surface area contributed by atoms with Crippen molar-refractivity contribution in [2.24, 2.45) is 0 Å². The highest BCUT2D eigenvalue weighted by Crippen LogP contribution is 2.15. The predicted molar refractivity (Wildman–Crippen MR) is 85.1 cm³/mol. The number of carbonyl (C=O) groups is 2. The Labute approximate surface area is 136 Å². The van der Waals surface area contributed by atoms with E-state index in [9.17, 15) is 19.7 Å². The zero-order valence-electron chi connectivity index (χ0n) is 12.4. The Morgan fingerprint density at radius 2 is 2.08 bits per heavy atom. The number of anilines is 1. The molecule has 2 aromatic rings. The first-order valence-corrected chi connectivity index (χ1v) is 6.79. The van der Waals surface area contributed by atoms with E-state index in [2.05, 4.69) is 21.7 Å². The smallest absolute Gasteiger partial charge is 0.358 e. The molecule has 0 radical (unpaired) electrons. The van der Waals surface area contributed by atoms with Gasteiger partial charge in [-0.15, -0.1) is 6.42 Å². The van der Waals surface area contributed by atoms with Crippen LogP contribution in [0.1, 0.15) is 10.4 Å². The van der Waals surface area contributed by atoms with Crippen LogP contribution in [0.2, 0.25) is 0 Å². The summed E-state index contributed by atoms with van der Waals surface area (Å²) in [5.74, 6) is 1.04. The first-order chi connectivity index (χ1) is 11.5. The predicted octanol–water partition coefficient (Wildman–Crippen LogP) is 0.793. The van der Waals surface area contributed by atoms with Crippen LogP contribution in [0.3, 0.4) is 0 Å². The maximum absolute atomic E-state index is 12.0. The second kappa shape index (κ2) is 7.55. The van der Waals surface area contributed by atoms with Gasteiger partial charge in [-0.25, -0.2) is 0 Å². The van der Waals surface area contributed by atoms with Gasteiger partial charge < -0.3 is 20.7 Å². The first-order valence-electron chi connectivity index (χ1n) is 6.79. The average molecular weight is 327 g/mol. The highest BCUT2D eigenvalue weighted by Gasteiger charge is 2.16. The summed E-state index contributed by atoms with van der Waals surface area (Å²) in [5.41, 5.74) is 0.561. The molecule has 0 bridgehead atoms. The zero-order chi connectivity index (χ0) is 17.5. The molecule has 0 unspecified atom stereocenters. The van der Waals surface area contributed by atoms with Gasteiger partial charge >= 0.3 is 5.82 Å². The maximum Gasteiger partial charge on any atom is 0.389 e. The van der Waals surface area contributed by atoms with E-state index in [1.807, 2.05) is 0 Å². The van der Waals surface area contributed by atoms with E-state index in [0.717, 1.165) is 4.68 Å². The summed E-state index contributed by atoms with van der Waals surface area (Å²) in [7, 11) is 0. The van der Waals surface area contributed by atoms with Crippen LogP contribution < -0.4 is 10.6 Å². The number of hydrogen-bond donors (Lipinski definition) is 2. The van der Waals surface area contributed by atoms with E-state index < -0.39 is 16.7 Å². The van der Waals surface area contributed by atoms with Crippen LogP contribution in [-0.4, -0.2) is 33.1 Å². The van der Waals surface area contributed by atoms with Crippen molar-refractivity contribution < 1.29 is 14.5 Å². The first kappa shape index (κ1) is 16.7. The van der Waals surface area contributed by atoms with Gasteiger partial charge in [0.15, 0.2) is 0 Å². The van der Waals surface area contributed by atoms with E-state index in [1.54, 1.807) is 24.3 Å². The zero-order valence-corrected chi connectivity index (χ0v) is 12.4. The Hall–Kier alpha value is -3.67. The Kier molecular flexibility index (Phi) is 5.25. The fraction of sp³-hybridized carbons (Fsp3) is 0.133. The summed E-state index contributed by atoms with van der Waals surface area (Å²) in [6.45, 7) is -0.160. The summed E-state index contributed by atoms with van der Waals surface area (Å²) >= 11 is 0. The minimum absolute atomic E-state index is 0.0675. The quantitative estimate of drug-likeness (QED) is 0.462. The number of aromatic nitrogens is 2. The highest BCUT2D eigenvalue weighted by atomic mass is 16.6. The Morgan fingerprint density at radius 1 is 1.33 bits per heavy atom. The van der Waals surface area contributed by atoms with Gasteiger partial charge in [-0.2, -0.15) is 4.68 Å². The van der Waals surface area contributed by atoms with Gasteiger partial charge in [-0.05, 0) is 17.1 Å². The van der Waals surface area contributed by atoms with Crippen LogP contribution in [-0.2, 0) is 11.3 Å². The van der Waals surface area contributed by atoms with Gasteiger partial charge in [0.1, 0.15) is 6.54 Å². The van der Waals surface area contributed by atoms with Gasteiger partial charge in [0, 0.05) is 0 Å². The topological polar surface area (TPSA) is 119 Å². The molecular formula is C15H13N5O4. The lowest BCUT2D eigenvalue weighted by molar-refractivity contribution is -0.389. The minimum Gasteiger partial charge on any atom is -0.358 e. The maximum atomic E-state index is 12.0. The average Bonchev–Trinajstić information content (AvgIpc) is 3.01. The third-order valence-corrected chi connectivity index (χ3v) is 2.92. The molecule has 0 fully saturated rings. The monoisotopic (exact) mass is 327 g/mol. The fourth-order valence-corrected chi connectivity index (χ4v) is 1.89. The number of nitrogens with zero attached hydrogens (tertiary/aromatic N) is 3. The van der Waals surface area contributed by atoms with Crippen LogP contribution in [0.5, 0.6) is 0 Å². The van der Waals surface area contributed by atoms with Crippen molar-refractivity contribution in [3.05, 3.63) is 52.2 Å². The number of terminal acetylenes is 1. The van der Waals surface area contributed by atoms with Crippen molar-refractivity contribution in [1.29, 1.82) is 0 Å². The van der Waals surface area contributed by atoms with Crippen molar-refractivity contribution >= 4 is 23.3 Å². The van der Waals surface area contributed by atoms with Crippen LogP contribution in [0.15, 0.2) is 36.5 Å². The van der Waals surface area contributed by atoms with Gasteiger partial charge in [-0.1, -0.05) is 18.1 Å². The number of amides is 2. The summed E-state index contributed by atoms with van der Waals surface area (Å²) in [5, 5.41) is 19.3. The number of nitro groups is 1. The molecule has 1 aromatic carbocycles. The van der Waals surface area contributed by atoms with Crippen LogP contribution in [0, 0.1) is 22.5 Å². The molecule has 122 valence electrons. The number of para-hydroxylation sites is 1. The third kappa shape index (κ3) is 4.17. The summed E-state index contributed by atoms with van der Waals surface area (Å²) in [6.07, 6.45) is 6.41. The standard InChI is InChI=1S/C15H13N5O4/c1-2-8-16-15(22)11-5-3-4-6-12(11)17-14(21)10-19-9-7-13(18-19)20(23)24/h1,3-7,9H,8,10H2,(H,16,22)(H,17,21). The molecule has 1 heterocycles. The normalized spacial score (nSPS) is 9.79. The van der Waals surface area contributed by atoms with E-state index >= 15 is 0 Å². The molecule has 9 nitrogen and oxygen atoms in total. The van der Waals surface area contributed by atoms with E-state index in [1.165, 1.54) is 12.3 Å². The second-order valence-electron chi connectivity index (χ2n) is 4.61. The van der Waals surface area contributed by atoms with Gasteiger partial charge in [-0.3, -0.25) is 9.59 Å². The van der Waals surface area contributed by atoms with E-state index in [-0.39, 0.29) is 24.5 Å². The molecule has 0 atom stereocenters. The van der Waals surface area contributed by atoms with Crippen LogP contribution >= 0.6 is 0 Å². The SMILES string of the molecule is C#CCNC(=O)c1ccccc1NC(=O)Cn1ccc([N+](=O)[O-])n1. The molecule has 1 aromatic heterocycles. The molecule has 0 saturated carbocycles. The number of rotatable bonds is 6. The Morgan fingerprint density at radius 3 is 2.75 bits per heavy atom. The number of hydrogen-bond acceptors (Lipinski definition) is 5. The molecule has 0 spiro atoms. The van der Waals surface area contributed by atoms with Crippen molar-refractivity contribution in [2.45, 2.75) is 6.54 Å². The van der Waals surface area contributed by atoms with Crippen molar-refractivity contribution in [3.8, 4) is 12.3 Å². The summed E-state index contributed by atoms with van der Waals surface area (Å²) in [6, 6.07) is 7.60. The molecule has 2 rings (SSSR count). The summed E-state index contributed by atoms with van der Waals surface area (Å²) < 4.78 is 1.13. The van der Waals surface area contributed by atoms with Crippen molar-refractivity contribution in [2.75, 3.05) is 11.9 Å². The molecule has 0 aliphatic heterocycles. The number of benzene rings is 1. The molecule has 2 amide bonds. The van der Waals surface area contributed by atoms with Gasteiger partial charge in [0.05, 0.1) is 35.2 Å². The second-order valence-corrected chi connectivity index (χ2v) is 4.61. The lowest BCUT2D eigenvalue weighted by atomic mass is 10.1. The lowest BCUT2D eigenvalue weighted by Gasteiger charge is -2.10. The summed E-state index contributed by atoms with van der Waals surface area (Å²) in [4.78, 5) is 34.0. The van der Waals surface area contributed by atoms with Crippen LogP contribution in [0.4, 0.5) is 11.5 Å². The molecule has 0 aliphatic carbocycles. The van der Waals surface area contributed by atoms with Gasteiger partial charge in [0.25, 0.3) is 5.91 Å². The molecule has 0 aliphatic rings. The Balaban J connectivity index is 2.07. The van der Waals surface area contributed by atoms with Crippen molar-refractivity contribution in [3.63, 3.8) is 0 Å². The molecule has 2 N–H and O–H groups in total. The van der Waals surface area contributed by atoms with Crippen LogP contribution in [0.25, 0.3) is 0 Å². The fourth-order valence-electron chi connectivity index (χ4n) is 1.89. The minimum atomic E-state index is -0.653. The third-order valence-electron chi connectivity index (χ3n) is 2.92. The van der Waals surface area contributed by atoms with Crippen molar-refractivity contribution in [1.82, 2.24) is 15.1 Å². The molecule has 0 saturated heterocycles. The lowest BCUT2D eigenvalue weighted by Crippen LogP contribution is -2.26. The van der Waals surface area contributed by atoms with E-state index in [4.69, 9.17) is 6.42 Å². The molecule has 9 heteroatoms. The highest BCUT2D eigenvalue weighted by molar-refractivity contribution is 6.03. The van der Waals surface area contributed by atoms with E-state index in [0.29, 0.717) is 5.69 Å². The molecule has 24 heavy (non-hydrogen) atoms. The number of nitrogens with one attached hydrogen (secondary N) is 2. The number of carbonyl (C=O) groups excluding carboxylic acids is 2. The Bertz CT molecular complexity index is 821. The largest absolute Gasteiger partial charge is 0.389 e. The van der Waals surface area contributed by atoms with Gasteiger partial charge in [0.2, 0.25) is 5.91 Å². The molecular weight excluding hydrogens is 314 g/mol.